The number of nitrogens with zero attached hydrogens (tertiary/aromatic N) is 2. The van der Waals surface area contributed by atoms with Gasteiger partial charge in [0.15, 0.2) is 0 Å². The summed E-state index contributed by atoms with van der Waals surface area (Å²) in [7, 11) is 0. The third-order valence-electron chi connectivity index (χ3n) is 4.10. The summed E-state index contributed by atoms with van der Waals surface area (Å²) in [5.41, 5.74) is 0.989. The summed E-state index contributed by atoms with van der Waals surface area (Å²) in [4.78, 5) is 20.8. The summed E-state index contributed by atoms with van der Waals surface area (Å²) in [5.74, 6) is 2.09. The Morgan fingerprint density at radius 1 is 1.33 bits per heavy atom. The van der Waals surface area contributed by atoms with Crippen LogP contribution in [0.15, 0.2) is 29.0 Å². The van der Waals surface area contributed by atoms with E-state index in [0.29, 0.717) is 24.8 Å². The second-order valence-corrected chi connectivity index (χ2v) is 5.98. The van der Waals surface area contributed by atoms with Crippen LogP contribution < -0.4 is 10.6 Å². The molecule has 1 saturated heterocycles. The fraction of sp³-hybridized carbons (Fsp3) is 0.471. The van der Waals surface area contributed by atoms with Crippen LogP contribution in [0.25, 0.3) is 0 Å². The van der Waals surface area contributed by atoms with Crippen molar-refractivity contribution in [1.29, 1.82) is 0 Å². The van der Waals surface area contributed by atoms with Crippen molar-refractivity contribution in [2.45, 2.75) is 38.8 Å². The van der Waals surface area contributed by atoms with Gasteiger partial charge in [-0.15, -0.1) is 0 Å². The number of hydrogen-bond donors (Lipinski definition) is 2. The topological polar surface area (TPSA) is 89.3 Å². The highest BCUT2D eigenvalue weighted by molar-refractivity contribution is 5.78. The van der Waals surface area contributed by atoms with Gasteiger partial charge in [0.05, 0.1) is 31.4 Å². The van der Waals surface area contributed by atoms with Crippen molar-refractivity contribution in [2.24, 2.45) is 0 Å². The molecule has 3 heterocycles. The fourth-order valence-corrected chi connectivity index (χ4v) is 2.77. The SMILES string of the molecule is Cc1nccc(N[C@@H]2COCC[C@@H]2NC(=O)Cc2occc2C)n1. The van der Waals surface area contributed by atoms with Crippen LogP contribution in [0, 0.1) is 13.8 Å². The number of aromatic nitrogens is 2. The molecule has 2 N–H and O–H groups in total. The molecule has 2 aromatic rings. The molecule has 1 fully saturated rings. The number of nitrogens with one attached hydrogen (secondary N) is 2. The van der Waals surface area contributed by atoms with Gasteiger partial charge in [-0.25, -0.2) is 9.97 Å². The molecular formula is C17H22N4O3. The maximum atomic E-state index is 12.3. The highest BCUT2D eigenvalue weighted by atomic mass is 16.5. The van der Waals surface area contributed by atoms with E-state index in [1.54, 1.807) is 12.5 Å². The minimum Gasteiger partial charge on any atom is -0.469 e. The number of rotatable bonds is 5. The molecule has 0 bridgehead atoms. The maximum Gasteiger partial charge on any atom is 0.227 e. The summed E-state index contributed by atoms with van der Waals surface area (Å²) in [6.07, 6.45) is 4.32. The van der Waals surface area contributed by atoms with Crippen LogP contribution in [0.2, 0.25) is 0 Å². The summed E-state index contributed by atoms with van der Waals surface area (Å²) in [5, 5.41) is 6.42. The molecule has 0 saturated carbocycles. The summed E-state index contributed by atoms with van der Waals surface area (Å²) in [6, 6.07) is 3.62. The quantitative estimate of drug-likeness (QED) is 0.866. The van der Waals surface area contributed by atoms with Gasteiger partial charge in [-0.1, -0.05) is 0 Å². The molecule has 1 aliphatic heterocycles. The Hall–Kier alpha value is -2.41. The molecule has 24 heavy (non-hydrogen) atoms. The molecule has 0 radical (unpaired) electrons. The van der Waals surface area contributed by atoms with Gasteiger partial charge in [0.1, 0.15) is 17.4 Å². The molecule has 7 nitrogen and oxygen atoms in total. The van der Waals surface area contributed by atoms with Crippen LogP contribution in [-0.4, -0.2) is 41.2 Å². The Labute approximate surface area is 140 Å². The molecule has 0 aliphatic carbocycles. The maximum absolute atomic E-state index is 12.3. The molecular weight excluding hydrogens is 308 g/mol. The zero-order chi connectivity index (χ0) is 16.9. The standard InChI is InChI=1S/C17H22N4O3/c1-11-4-8-24-15(11)9-17(22)21-13-5-7-23-10-14(13)20-16-3-6-18-12(2)19-16/h3-4,6,8,13-14H,5,7,9-10H2,1-2H3,(H,21,22)(H,18,19,20)/t13-,14+/m0/s1. The predicted molar refractivity (Wildman–Crippen MR) is 88.7 cm³/mol. The van der Waals surface area contributed by atoms with Crippen LogP contribution in [0.1, 0.15) is 23.6 Å². The minimum absolute atomic E-state index is 0.0169. The minimum atomic E-state index is -0.0504. The van der Waals surface area contributed by atoms with Crippen LogP contribution in [0.3, 0.4) is 0 Å². The molecule has 0 spiro atoms. The van der Waals surface area contributed by atoms with Gasteiger partial charge in [0.25, 0.3) is 0 Å². The summed E-state index contributed by atoms with van der Waals surface area (Å²) in [6.45, 7) is 4.93. The highest BCUT2D eigenvalue weighted by Crippen LogP contribution is 2.15. The van der Waals surface area contributed by atoms with Gasteiger partial charge >= 0.3 is 0 Å². The van der Waals surface area contributed by atoms with Gasteiger partial charge in [-0.2, -0.15) is 0 Å². The van der Waals surface area contributed by atoms with Crippen molar-refractivity contribution in [3.8, 4) is 0 Å². The average Bonchev–Trinajstić information content (AvgIpc) is 2.94. The number of ether oxygens (including phenoxy) is 1. The van der Waals surface area contributed by atoms with E-state index in [2.05, 4.69) is 20.6 Å². The largest absolute Gasteiger partial charge is 0.469 e. The number of carbonyl (C=O) groups is 1. The van der Waals surface area contributed by atoms with E-state index in [9.17, 15) is 4.79 Å². The lowest BCUT2D eigenvalue weighted by molar-refractivity contribution is -0.122. The first kappa shape index (κ1) is 16.4. The lowest BCUT2D eigenvalue weighted by Gasteiger charge is -2.33. The molecule has 2 atom stereocenters. The van der Waals surface area contributed by atoms with Crippen LogP contribution >= 0.6 is 0 Å². The van der Waals surface area contributed by atoms with Crippen molar-refractivity contribution in [2.75, 3.05) is 18.5 Å². The van der Waals surface area contributed by atoms with E-state index in [1.165, 1.54) is 0 Å². The van der Waals surface area contributed by atoms with Crippen molar-refractivity contribution >= 4 is 11.7 Å². The molecule has 7 heteroatoms. The van der Waals surface area contributed by atoms with E-state index in [1.807, 2.05) is 26.0 Å². The summed E-state index contributed by atoms with van der Waals surface area (Å²) < 4.78 is 10.9. The first-order valence-electron chi connectivity index (χ1n) is 8.08. The predicted octanol–water partition coefficient (Wildman–Crippen LogP) is 1.61. The van der Waals surface area contributed by atoms with Crippen LogP contribution in [-0.2, 0) is 16.0 Å². The van der Waals surface area contributed by atoms with E-state index in [0.717, 1.165) is 17.8 Å². The van der Waals surface area contributed by atoms with E-state index in [4.69, 9.17) is 9.15 Å². The van der Waals surface area contributed by atoms with Crippen molar-refractivity contribution in [3.05, 3.63) is 41.7 Å². The smallest absolute Gasteiger partial charge is 0.227 e. The zero-order valence-corrected chi connectivity index (χ0v) is 13.9. The van der Waals surface area contributed by atoms with Gasteiger partial charge in [-0.05, 0) is 38.0 Å². The molecule has 1 amide bonds. The molecule has 2 aromatic heterocycles. The van der Waals surface area contributed by atoms with E-state index in [-0.39, 0.29) is 24.4 Å². The monoisotopic (exact) mass is 330 g/mol. The Morgan fingerprint density at radius 3 is 2.96 bits per heavy atom. The number of hydrogen-bond acceptors (Lipinski definition) is 6. The van der Waals surface area contributed by atoms with Crippen LogP contribution in [0.5, 0.6) is 0 Å². The lowest BCUT2D eigenvalue weighted by Crippen LogP contribution is -2.52. The Kier molecular flexibility index (Phi) is 5.10. The third-order valence-corrected chi connectivity index (χ3v) is 4.10. The average molecular weight is 330 g/mol. The number of carbonyl (C=O) groups excluding carboxylic acids is 1. The Morgan fingerprint density at radius 2 is 2.21 bits per heavy atom. The first-order chi connectivity index (χ1) is 11.6. The summed E-state index contributed by atoms with van der Waals surface area (Å²) >= 11 is 0. The number of anilines is 1. The highest BCUT2D eigenvalue weighted by Gasteiger charge is 2.27. The van der Waals surface area contributed by atoms with Gasteiger partial charge < -0.3 is 19.8 Å². The number of furan rings is 1. The Bertz CT molecular complexity index is 701. The number of aryl methyl sites for hydroxylation is 2. The second-order valence-electron chi connectivity index (χ2n) is 5.98. The van der Waals surface area contributed by atoms with Gasteiger partial charge in [0, 0.05) is 12.8 Å². The van der Waals surface area contributed by atoms with Gasteiger partial charge in [-0.3, -0.25) is 4.79 Å². The zero-order valence-electron chi connectivity index (χ0n) is 13.9. The molecule has 128 valence electrons. The van der Waals surface area contributed by atoms with Crippen molar-refractivity contribution < 1.29 is 13.9 Å². The second kappa shape index (κ2) is 7.44. The van der Waals surface area contributed by atoms with Gasteiger partial charge in [0.2, 0.25) is 5.91 Å². The Balaban J connectivity index is 1.61. The molecule has 0 aromatic carbocycles. The van der Waals surface area contributed by atoms with Crippen molar-refractivity contribution in [3.63, 3.8) is 0 Å². The van der Waals surface area contributed by atoms with Crippen molar-refractivity contribution in [1.82, 2.24) is 15.3 Å². The fourth-order valence-electron chi connectivity index (χ4n) is 2.77. The third kappa shape index (κ3) is 4.11. The molecule has 3 rings (SSSR count). The normalized spacial score (nSPS) is 20.6. The van der Waals surface area contributed by atoms with E-state index < -0.39 is 0 Å². The first-order valence-corrected chi connectivity index (χ1v) is 8.08. The lowest BCUT2D eigenvalue weighted by atomic mass is 10.0. The van der Waals surface area contributed by atoms with Crippen LogP contribution in [0.4, 0.5) is 5.82 Å². The number of amides is 1. The van der Waals surface area contributed by atoms with E-state index >= 15 is 0 Å². The molecule has 0 unspecified atom stereocenters. The molecule has 1 aliphatic rings.